The maximum absolute atomic E-state index is 8.88. The van der Waals surface area contributed by atoms with Gasteiger partial charge in [0.25, 0.3) is 0 Å². The van der Waals surface area contributed by atoms with Gasteiger partial charge >= 0.3 is 180 Å². The Labute approximate surface area is 243 Å². The fourth-order valence-electron chi connectivity index (χ4n) is 0. The summed E-state index contributed by atoms with van der Waals surface area (Å²) in [5, 5.41) is 0. The second kappa shape index (κ2) is 57.3. The predicted octanol–water partition coefficient (Wildman–Crippen LogP) is -6.82. The first kappa shape index (κ1) is 77.0. The molecule has 0 heterocycles. The van der Waals surface area contributed by atoms with E-state index in [1.165, 1.54) is 0 Å². The second-order valence-electron chi connectivity index (χ2n) is 0.614. The molecular weight excluding hydrogens is 403 g/mol. The van der Waals surface area contributed by atoms with Crippen molar-refractivity contribution in [1.82, 2.24) is 0 Å². The molecule has 0 unspecified atom stereocenters. The molecule has 0 atom stereocenters. The molecule has 17 heteroatoms. The molecule has 102 valence electrons. The zero-order valence-electron chi connectivity index (χ0n) is 6.66. The van der Waals surface area contributed by atoms with Crippen LogP contribution in [0.25, 0.3) is 0 Å². The summed E-state index contributed by atoms with van der Waals surface area (Å²) < 4.78 is 8.88. The van der Waals surface area contributed by atoms with Crippen molar-refractivity contribution in [3.8, 4) is 0 Å². The molecule has 17 heavy (non-hydrogen) atoms. The van der Waals surface area contributed by atoms with Gasteiger partial charge in [-0.25, -0.2) is 4.57 Å². The minimum absolute atomic E-state index is 0. The van der Waals surface area contributed by atoms with E-state index in [4.69, 9.17) is 37.4 Å². The first-order valence-electron chi connectivity index (χ1n) is 1.32. The topological polar surface area (TPSA) is 267 Å². The summed E-state index contributed by atoms with van der Waals surface area (Å²) in [6.45, 7) is 0. The number of phosphoric acid groups is 1. The van der Waals surface area contributed by atoms with Gasteiger partial charge in [0.2, 0.25) is 0 Å². The summed E-state index contributed by atoms with van der Waals surface area (Å²) in [5.74, 6) is 0. The zero-order chi connectivity index (χ0) is 7.21. The van der Waals surface area contributed by atoms with Crippen LogP contribution in [-0.2, 0) is 4.57 Å². The van der Waals surface area contributed by atoms with Gasteiger partial charge in [0.05, 0.1) is 0 Å². The van der Waals surface area contributed by atoms with E-state index in [0.717, 1.165) is 0 Å². The van der Waals surface area contributed by atoms with Gasteiger partial charge in [-0.05, 0) is 0 Å². The van der Waals surface area contributed by atoms with E-state index < -0.39 is 26.0 Å². The van der Waals surface area contributed by atoms with E-state index in [-0.39, 0.29) is 187 Å². The molecule has 0 spiro atoms. The van der Waals surface area contributed by atoms with Crippen molar-refractivity contribution < 1.29 is 52.1 Å². The van der Waals surface area contributed by atoms with Crippen molar-refractivity contribution in [3.63, 3.8) is 0 Å². The zero-order valence-corrected chi connectivity index (χ0v) is 10.5. The number of rotatable bonds is 0. The summed E-state index contributed by atoms with van der Waals surface area (Å²) >= 11 is -0.639. The Balaban J connectivity index is -0.00000000317. The summed E-state index contributed by atoms with van der Waals surface area (Å²) in [7, 11) is 5.17. The average Bonchev–Trinajstić information content (AvgIpc) is 1.27. The molecule has 0 saturated carbocycles. The third-order valence-electron chi connectivity index (χ3n) is 0. The Morgan fingerprint density at radius 2 is 0.706 bits per heavy atom. The normalized spacial score (nSPS) is 4.06. The van der Waals surface area contributed by atoms with E-state index in [1.807, 2.05) is 0 Å². The average molecular weight is 422 g/mol. The monoisotopic (exact) mass is 420 g/mol. The molecule has 0 radical (unpaired) electrons. The molecule has 0 rings (SSSR count). The molecule has 0 aliphatic rings. The minimum atomic E-state index is -4.64. The third kappa shape index (κ3) is 239. The molecule has 0 amide bonds. The van der Waals surface area contributed by atoms with Gasteiger partial charge in [-0.3, -0.25) is 0 Å². The molecule has 0 aromatic carbocycles. The summed E-state index contributed by atoms with van der Waals surface area (Å²) in [6.07, 6.45) is 0. The van der Waals surface area contributed by atoms with Crippen LogP contribution in [0.2, 0.25) is 0 Å². The van der Waals surface area contributed by atoms with Crippen LogP contribution in [0.4, 0.5) is 0 Å². The van der Waals surface area contributed by atoms with Crippen LogP contribution in [0.3, 0.4) is 0 Å². The van der Waals surface area contributed by atoms with Crippen LogP contribution >= 0.6 is 26.0 Å². The van der Waals surface area contributed by atoms with Crippen LogP contribution < -0.4 is 0 Å². The van der Waals surface area contributed by atoms with Gasteiger partial charge in [-0.15, -0.1) is 0 Å². The summed E-state index contributed by atoms with van der Waals surface area (Å²) in [5.41, 5.74) is 0. The fraction of sp³-hybridized carbons (Fsp3) is 0. The van der Waals surface area contributed by atoms with Crippen molar-refractivity contribution >= 4 is 198 Å². The van der Waals surface area contributed by atoms with Crippen molar-refractivity contribution in [2.24, 2.45) is 0 Å². The maximum atomic E-state index is 8.88. The predicted molar refractivity (Wildman–Crippen MR) is 74.9 cm³/mol. The van der Waals surface area contributed by atoms with Gasteiger partial charge in [-0.1, -0.05) is 0 Å². The molecule has 0 bridgehead atoms. The Hall–Kier alpha value is 6.13. The van der Waals surface area contributed by atoms with Crippen molar-refractivity contribution in [1.29, 1.82) is 0 Å². The molecular formula is H18Cl2K3MgO10P. The summed E-state index contributed by atoms with van der Waals surface area (Å²) in [6, 6.07) is 0. The van der Waals surface area contributed by atoms with Crippen LogP contribution in [0.1, 0.15) is 0 Å². The van der Waals surface area contributed by atoms with Gasteiger partial charge in [-0.2, -0.15) is 0 Å². The van der Waals surface area contributed by atoms with E-state index >= 15 is 0 Å². The van der Waals surface area contributed by atoms with Crippen LogP contribution in [0.5, 0.6) is 0 Å². The molecule has 0 aliphatic carbocycles. The quantitative estimate of drug-likeness (QED) is 0.254. The van der Waals surface area contributed by atoms with E-state index in [0.29, 0.717) is 0 Å². The molecule has 15 N–H and O–H groups in total. The van der Waals surface area contributed by atoms with Crippen LogP contribution in [0.15, 0.2) is 0 Å². The van der Waals surface area contributed by atoms with E-state index in [1.54, 1.807) is 0 Å². The number of hydrogen-bond acceptors (Lipinski definition) is 1. The van der Waals surface area contributed by atoms with Crippen LogP contribution in [0, 0.1) is 0 Å². The Bertz CT molecular complexity index is 85.4. The Kier molecular flexibility index (Phi) is 260. The Morgan fingerprint density at radius 3 is 0.706 bits per heavy atom. The fourth-order valence-corrected chi connectivity index (χ4v) is 0. The van der Waals surface area contributed by atoms with Crippen molar-refractivity contribution in [2.45, 2.75) is 0 Å². The molecule has 0 saturated heterocycles. The molecule has 0 aromatic heterocycles. The van der Waals surface area contributed by atoms with Gasteiger partial charge in [0, 0.05) is 0 Å². The summed E-state index contributed by atoms with van der Waals surface area (Å²) in [4.78, 5) is 21.6. The Morgan fingerprint density at radius 1 is 0.706 bits per heavy atom. The number of hydrogen-bond donors (Lipinski definition) is 3. The molecule has 10 nitrogen and oxygen atoms in total. The van der Waals surface area contributed by atoms with E-state index in [9.17, 15) is 0 Å². The van der Waals surface area contributed by atoms with Crippen molar-refractivity contribution in [3.05, 3.63) is 0 Å². The molecule has 0 aromatic rings. The molecule has 0 fully saturated rings. The third-order valence-corrected chi connectivity index (χ3v) is 0. The van der Waals surface area contributed by atoms with Gasteiger partial charge in [0.1, 0.15) is 0 Å². The second-order valence-corrected chi connectivity index (χ2v) is 4.27. The van der Waals surface area contributed by atoms with Gasteiger partial charge < -0.3 is 65.7 Å². The van der Waals surface area contributed by atoms with E-state index in [2.05, 4.69) is 0 Å². The van der Waals surface area contributed by atoms with Crippen molar-refractivity contribution in [2.75, 3.05) is 0 Å². The van der Waals surface area contributed by atoms with Crippen LogP contribution in [-0.4, -0.2) is 220 Å². The SMILES string of the molecule is O.O.O.O.O.O.O=P(O)(O)O.[Cl][Mg][Cl].[KH].[KH].[KH]. The standard InChI is InChI=1S/2ClH.3K.Mg.H3O4P.6H2O.3H/c;;;;;;1-5(2,3)4;;;;;;;;;/h2*1H;;;;;(H3,1,2,3,4);6*1H2;;;/q;;;;;+2;;;;;;;;;;/p-2. The first-order chi connectivity index (χ1) is 3.41. The first-order valence-corrected chi connectivity index (χ1v) is 7.16. The molecule has 0 aliphatic heterocycles. The number of halogens is 2. The van der Waals surface area contributed by atoms with Gasteiger partial charge in [0.15, 0.2) is 0 Å².